The number of carbonyl (C=O) groups is 3. The zero-order valence-corrected chi connectivity index (χ0v) is 17.4. The molecule has 0 unspecified atom stereocenters. The molecule has 2 aliphatic rings. The Kier molecular flexibility index (Phi) is 6.47. The monoisotopic (exact) mass is 441 g/mol. The van der Waals surface area contributed by atoms with Gasteiger partial charge in [0.15, 0.2) is 0 Å². The number of alkyl halides is 3. The van der Waals surface area contributed by atoms with E-state index in [1.807, 2.05) is 13.8 Å². The molecule has 0 aromatic heterocycles. The van der Waals surface area contributed by atoms with Crippen molar-refractivity contribution in [3.8, 4) is 5.75 Å². The molecule has 1 aliphatic heterocycles. The van der Waals surface area contributed by atoms with Gasteiger partial charge in [0.1, 0.15) is 5.75 Å². The molecule has 31 heavy (non-hydrogen) atoms. The van der Waals surface area contributed by atoms with Gasteiger partial charge in [-0.15, -0.1) is 0 Å². The number of benzene rings is 1. The molecule has 4 amide bonds. The molecular weight excluding hydrogens is 415 g/mol. The van der Waals surface area contributed by atoms with Crippen LogP contribution in [0, 0.1) is 0 Å². The lowest BCUT2D eigenvalue weighted by Crippen LogP contribution is -2.69. The van der Waals surface area contributed by atoms with E-state index in [4.69, 9.17) is 4.74 Å². The van der Waals surface area contributed by atoms with Crippen molar-refractivity contribution in [1.82, 2.24) is 15.5 Å². The van der Waals surface area contributed by atoms with Crippen LogP contribution in [-0.4, -0.2) is 46.7 Å². The average Bonchev–Trinajstić information content (AvgIpc) is 2.85. The number of urea groups is 1. The van der Waals surface area contributed by atoms with E-state index in [0.29, 0.717) is 23.5 Å². The summed E-state index contributed by atoms with van der Waals surface area (Å²) in [5, 5.41) is 3.46. The molecule has 10 heteroatoms. The average molecular weight is 441 g/mol. The van der Waals surface area contributed by atoms with Crippen LogP contribution < -0.4 is 15.4 Å². The van der Waals surface area contributed by atoms with Gasteiger partial charge in [-0.3, -0.25) is 19.8 Å². The number of hydrogen-bond donors (Lipinski definition) is 2. The zero-order chi connectivity index (χ0) is 22.8. The molecule has 1 aliphatic carbocycles. The Bertz CT molecular complexity index is 833. The third kappa shape index (κ3) is 4.62. The second kappa shape index (κ2) is 8.76. The second-order valence-corrected chi connectivity index (χ2v) is 8.14. The quantitative estimate of drug-likeness (QED) is 0.538. The third-order valence-electron chi connectivity index (χ3n) is 5.46. The first kappa shape index (κ1) is 22.9. The summed E-state index contributed by atoms with van der Waals surface area (Å²) in [5.41, 5.74) is -3.60. The Labute approximate surface area is 178 Å². The first-order valence-electron chi connectivity index (χ1n) is 10.4. The van der Waals surface area contributed by atoms with E-state index >= 15 is 0 Å². The number of amides is 4. The van der Waals surface area contributed by atoms with E-state index < -0.39 is 35.7 Å². The van der Waals surface area contributed by atoms with Crippen molar-refractivity contribution in [2.75, 3.05) is 0 Å². The van der Waals surface area contributed by atoms with Gasteiger partial charge in [-0.25, -0.2) is 4.79 Å². The van der Waals surface area contributed by atoms with Crippen molar-refractivity contribution in [2.45, 2.75) is 76.4 Å². The SMILES string of the molecule is CC(C)Oc1ccc(C(=O)N[C@]2(C(F)(F)F)NC(=O)N(C3CCCCCC3)C2=O)cc1. The van der Waals surface area contributed by atoms with Crippen LogP contribution in [0.25, 0.3) is 0 Å². The van der Waals surface area contributed by atoms with Crippen LogP contribution in [-0.2, 0) is 4.79 Å². The maximum atomic E-state index is 14.0. The van der Waals surface area contributed by atoms with Gasteiger partial charge in [0.25, 0.3) is 17.5 Å². The molecule has 1 saturated carbocycles. The van der Waals surface area contributed by atoms with Crippen molar-refractivity contribution < 1.29 is 32.3 Å². The minimum absolute atomic E-state index is 0.102. The lowest BCUT2D eigenvalue weighted by Gasteiger charge is -2.31. The van der Waals surface area contributed by atoms with Crippen molar-refractivity contribution >= 4 is 17.8 Å². The van der Waals surface area contributed by atoms with Gasteiger partial charge in [0.2, 0.25) is 0 Å². The molecule has 0 bridgehead atoms. The third-order valence-corrected chi connectivity index (χ3v) is 5.46. The summed E-state index contributed by atoms with van der Waals surface area (Å²) in [7, 11) is 0. The van der Waals surface area contributed by atoms with Crippen molar-refractivity contribution in [1.29, 1.82) is 0 Å². The zero-order valence-electron chi connectivity index (χ0n) is 17.4. The van der Waals surface area contributed by atoms with Crippen LogP contribution in [0.15, 0.2) is 24.3 Å². The minimum Gasteiger partial charge on any atom is -0.491 e. The van der Waals surface area contributed by atoms with Gasteiger partial charge in [-0.2, -0.15) is 13.2 Å². The predicted octanol–water partition coefficient (Wildman–Crippen LogP) is 3.74. The molecule has 0 radical (unpaired) electrons. The molecule has 1 aromatic rings. The van der Waals surface area contributed by atoms with Crippen LogP contribution >= 0.6 is 0 Å². The van der Waals surface area contributed by atoms with Gasteiger partial charge >= 0.3 is 12.2 Å². The Morgan fingerprint density at radius 3 is 2.23 bits per heavy atom. The Morgan fingerprint density at radius 2 is 1.71 bits per heavy atom. The first-order valence-corrected chi connectivity index (χ1v) is 10.4. The maximum Gasteiger partial charge on any atom is 0.440 e. The Hall–Kier alpha value is -2.78. The molecule has 2 fully saturated rings. The first-order chi connectivity index (χ1) is 14.5. The van der Waals surface area contributed by atoms with Gasteiger partial charge in [-0.1, -0.05) is 25.7 Å². The fraction of sp³-hybridized carbons (Fsp3) is 0.571. The van der Waals surface area contributed by atoms with E-state index in [9.17, 15) is 27.6 Å². The molecule has 1 saturated heterocycles. The molecule has 7 nitrogen and oxygen atoms in total. The van der Waals surface area contributed by atoms with E-state index in [2.05, 4.69) is 0 Å². The van der Waals surface area contributed by atoms with Crippen molar-refractivity contribution in [3.05, 3.63) is 29.8 Å². The van der Waals surface area contributed by atoms with E-state index in [1.165, 1.54) is 24.3 Å². The molecule has 0 spiro atoms. The summed E-state index contributed by atoms with van der Waals surface area (Å²) in [6, 6.07) is 3.71. The highest BCUT2D eigenvalue weighted by Gasteiger charge is 2.69. The fourth-order valence-electron chi connectivity index (χ4n) is 3.94. The van der Waals surface area contributed by atoms with Gasteiger partial charge < -0.3 is 10.1 Å². The van der Waals surface area contributed by atoms with Crippen LogP contribution in [0.3, 0.4) is 0 Å². The smallest absolute Gasteiger partial charge is 0.440 e. The van der Waals surface area contributed by atoms with E-state index in [1.54, 1.807) is 10.6 Å². The number of halogens is 3. The lowest BCUT2D eigenvalue weighted by atomic mass is 10.0. The molecule has 2 N–H and O–H groups in total. The summed E-state index contributed by atoms with van der Waals surface area (Å²) in [6.45, 7) is 3.62. The Balaban J connectivity index is 1.85. The normalized spacial score (nSPS) is 23.0. The van der Waals surface area contributed by atoms with Crippen LogP contribution in [0.5, 0.6) is 5.75 Å². The molecular formula is C21H26F3N3O4. The topological polar surface area (TPSA) is 87.7 Å². The van der Waals surface area contributed by atoms with Gasteiger partial charge in [-0.05, 0) is 51.0 Å². The van der Waals surface area contributed by atoms with Crippen LogP contribution in [0.1, 0.15) is 62.7 Å². The predicted molar refractivity (Wildman–Crippen MR) is 105 cm³/mol. The standard InChI is InChI=1S/C21H26F3N3O4/c1-13(2)31-16-11-9-14(10-12-16)17(28)25-20(21(22,23)24)18(29)27(19(30)26-20)15-7-5-3-4-6-8-15/h9-13,15H,3-8H2,1-2H3,(H,25,28)(H,26,30)/t20-/m0/s1. The lowest BCUT2D eigenvalue weighted by molar-refractivity contribution is -0.200. The van der Waals surface area contributed by atoms with E-state index in [0.717, 1.165) is 25.7 Å². The van der Waals surface area contributed by atoms with Crippen molar-refractivity contribution in [2.24, 2.45) is 0 Å². The highest BCUT2D eigenvalue weighted by atomic mass is 19.4. The summed E-state index contributed by atoms with van der Waals surface area (Å²) in [4.78, 5) is 38.6. The van der Waals surface area contributed by atoms with E-state index in [-0.39, 0.29) is 11.7 Å². The Morgan fingerprint density at radius 1 is 1.13 bits per heavy atom. The number of carbonyl (C=O) groups excluding carboxylic acids is 3. The number of nitrogens with one attached hydrogen (secondary N) is 2. The summed E-state index contributed by atoms with van der Waals surface area (Å²) in [6.07, 6.45) is -1.22. The largest absolute Gasteiger partial charge is 0.491 e. The number of nitrogens with zero attached hydrogens (tertiary/aromatic N) is 1. The number of imide groups is 1. The summed E-state index contributed by atoms with van der Waals surface area (Å²) >= 11 is 0. The highest BCUT2D eigenvalue weighted by molar-refractivity contribution is 6.10. The maximum absolute atomic E-state index is 14.0. The van der Waals surface area contributed by atoms with Crippen molar-refractivity contribution in [3.63, 3.8) is 0 Å². The summed E-state index contributed by atoms with van der Waals surface area (Å²) in [5.74, 6) is -2.18. The van der Waals surface area contributed by atoms with Crippen LogP contribution in [0.2, 0.25) is 0 Å². The van der Waals surface area contributed by atoms with Gasteiger partial charge in [0, 0.05) is 11.6 Å². The second-order valence-electron chi connectivity index (χ2n) is 8.14. The number of rotatable bonds is 5. The molecule has 1 atom stereocenters. The number of hydrogen-bond acceptors (Lipinski definition) is 4. The van der Waals surface area contributed by atoms with Crippen LogP contribution in [0.4, 0.5) is 18.0 Å². The fourth-order valence-corrected chi connectivity index (χ4v) is 3.94. The highest BCUT2D eigenvalue weighted by Crippen LogP contribution is 2.36. The molecule has 1 aromatic carbocycles. The van der Waals surface area contributed by atoms with Gasteiger partial charge in [0.05, 0.1) is 6.10 Å². The molecule has 1 heterocycles. The summed E-state index contributed by atoms with van der Waals surface area (Å²) < 4.78 is 47.6. The molecule has 170 valence electrons. The minimum atomic E-state index is -5.23. The molecule has 3 rings (SSSR count). The number of ether oxygens (including phenoxy) is 1.